The van der Waals surface area contributed by atoms with Gasteiger partial charge < -0.3 is 19.6 Å². The van der Waals surface area contributed by atoms with E-state index in [4.69, 9.17) is 14.8 Å². The third kappa shape index (κ3) is 9.72. The standard InChI is InChI=1S/C58H63N9O6S/c1-35-39(40-22-24-49(60-52(40)56(71)72)66-29-27-37-10-7-12-41(44(37)34-66)54(69)62-57-59-45-14-5-6-17-48(45)74-57)11-9-16-47(35)73-38-20-18-36(19-21-38)26-28-58(2,3)67-32-30-65(31-33-67)46-15-8-13-42-51(63-64(4)53(42)46)43-23-25-50(68)61-55(43)70/h5-17,22,24,36,38,43H,18-21,23,25-34H2,1-4H3,(H,71,72)(H,59,62,69)(H,61,68,70). The number of fused-ring (bicyclic) bond motifs is 3. The molecule has 0 radical (unpaired) electrons. The van der Waals surface area contributed by atoms with Gasteiger partial charge in [0.2, 0.25) is 11.8 Å². The van der Waals surface area contributed by atoms with Gasteiger partial charge in [0.25, 0.3) is 5.91 Å². The van der Waals surface area contributed by atoms with Crippen molar-refractivity contribution in [1.82, 2.24) is 30.0 Å². The summed E-state index contributed by atoms with van der Waals surface area (Å²) in [5, 5.41) is 22.4. The second-order valence-electron chi connectivity index (χ2n) is 21.1. The average molecular weight is 1010 g/mol. The summed E-state index contributed by atoms with van der Waals surface area (Å²) in [7, 11) is 1.94. The van der Waals surface area contributed by atoms with Gasteiger partial charge in [-0.15, -0.1) is 0 Å². The molecular formula is C58H63N9O6S. The second kappa shape index (κ2) is 20.3. The molecule has 16 heteroatoms. The molecule has 4 aromatic carbocycles. The van der Waals surface area contributed by atoms with Gasteiger partial charge in [0.05, 0.1) is 39.1 Å². The quantitative estimate of drug-likeness (QED) is 0.0935. The Morgan fingerprint density at radius 3 is 2.41 bits per heavy atom. The van der Waals surface area contributed by atoms with E-state index in [1.54, 1.807) is 0 Å². The summed E-state index contributed by atoms with van der Waals surface area (Å²) < 4.78 is 9.63. The molecule has 3 amide bonds. The molecular weight excluding hydrogens is 951 g/mol. The van der Waals surface area contributed by atoms with Gasteiger partial charge in [-0.2, -0.15) is 5.10 Å². The number of carboxylic acid groups (broad SMARTS) is 1. The van der Waals surface area contributed by atoms with Gasteiger partial charge in [-0.1, -0.05) is 59.9 Å². The lowest BCUT2D eigenvalue weighted by Gasteiger charge is -2.45. The van der Waals surface area contributed by atoms with Crippen LogP contribution in [0.4, 0.5) is 16.6 Å². The second-order valence-corrected chi connectivity index (χ2v) is 22.2. The fourth-order valence-corrected chi connectivity index (χ4v) is 12.8. The van der Waals surface area contributed by atoms with Crippen LogP contribution in [0.15, 0.2) is 91.0 Å². The zero-order chi connectivity index (χ0) is 51.3. The summed E-state index contributed by atoms with van der Waals surface area (Å²) in [4.78, 5) is 67.8. The molecule has 382 valence electrons. The highest BCUT2D eigenvalue weighted by Crippen LogP contribution is 2.40. The maximum absolute atomic E-state index is 13.7. The van der Waals surface area contributed by atoms with E-state index in [1.165, 1.54) is 17.8 Å². The highest BCUT2D eigenvalue weighted by atomic mass is 32.1. The van der Waals surface area contributed by atoms with Crippen molar-refractivity contribution >= 4 is 72.8 Å². The van der Waals surface area contributed by atoms with Crippen LogP contribution in [0, 0.1) is 12.8 Å². The minimum Gasteiger partial charge on any atom is -0.490 e. The van der Waals surface area contributed by atoms with Crippen LogP contribution < -0.4 is 25.2 Å². The number of rotatable bonds is 13. The number of thiazole rings is 1. The molecule has 1 saturated carbocycles. The molecule has 4 aliphatic rings. The molecule has 3 aliphatic heterocycles. The first-order valence-electron chi connectivity index (χ1n) is 26.1. The van der Waals surface area contributed by atoms with Crippen LogP contribution in [0.5, 0.6) is 5.75 Å². The highest BCUT2D eigenvalue weighted by molar-refractivity contribution is 7.22. The van der Waals surface area contributed by atoms with Crippen LogP contribution in [-0.4, -0.2) is 97.8 Å². The Labute approximate surface area is 434 Å². The molecule has 1 atom stereocenters. The lowest BCUT2D eigenvalue weighted by atomic mass is 9.81. The van der Waals surface area contributed by atoms with E-state index in [1.807, 2.05) is 102 Å². The van der Waals surface area contributed by atoms with E-state index in [0.29, 0.717) is 60.3 Å². The number of aromatic nitrogens is 4. The number of para-hydroxylation sites is 2. The SMILES string of the molecule is Cc1c(OC2CCC(CCC(C)(C)N3CCN(c4cccc5c(C6CCC(=O)NC6=O)nn(C)c45)CC3)CC2)cccc1-c1ccc(N2CCc3cccc(C(=O)Nc4nc5ccccc5s4)c3C2)nc1C(=O)O. The maximum atomic E-state index is 13.7. The molecule has 3 aromatic heterocycles. The van der Waals surface area contributed by atoms with Gasteiger partial charge in [0, 0.05) is 74.8 Å². The summed E-state index contributed by atoms with van der Waals surface area (Å²) in [6.07, 6.45) is 8.00. The fourth-order valence-electron chi connectivity index (χ4n) is 11.9. The molecule has 0 bridgehead atoms. The van der Waals surface area contributed by atoms with Crippen molar-refractivity contribution in [2.75, 3.05) is 47.8 Å². The molecule has 11 rings (SSSR count). The number of hydrogen-bond donors (Lipinski definition) is 3. The van der Waals surface area contributed by atoms with E-state index in [0.717, 1.165) is 119 Å². The number of carboxylic acids is 1. The van der Waals surface area contributed by atoms with E-state index < -0.39 is 11.9 Å². The van der Waals surface area contributed by atoms with Crippen molar-refractivity contribution in [2.24, 2.45) is 13.0 Å². The normalized spacial score (nSPS) is 19.6. The molecule has 3 N–H and O–H groups in total. The van der Waals surface area contributed by atoms with Crippen LogP contribution in [0.1, 0.15) is 114 Å². The highest BCUT2D eigenvalue weighted by Gasteiger charge is 2.35. The van der Waals surface area contributed by atoms with Crippen molar-refractivity contribution in [3.63, 3.8) is 0 Å². The predicted octanol–water partition coefficient (Wildman–Crippen LogP) is 9.91. The van der Waals surface area contributed by atoms with Gasteiger partial charge in [-0.25, -0.2) is 14.8 Å². The summed E-state index contributed by atoms with van der Waals surface area (Å²) >= 11 is 1.44. The summed E-state index contributed by atoms with van der Waals surface area (Å²) in [6.45, 7) is 11.5. The zero-order valence-corrected chi connectivity index (χ0v) is 43.3. The average Bonchev–Trinajstić information content (AvgIpc) is 3.98. The predicted molar refractivity (Wildman–Crippen MR) is 289 cm³/mol. The number of pyridine rings is 1. The monoisotopic (exact) mass is 1010 g/mol. The molecule has 7 aromatic rings. The third-order valence-electron chi connectivity index (χ3n) is 16.2. The van der Waals surface area contributed by atoms with Gasteiger partial charge in [-0.3, -0.25) is 34.6 Å². The largest absolute Gasteiger partial charge is 0.490 e. The van der Waals surface area contributed by atoms with Crippen LogP contribution in [0.2, 0.25) is 0 Å². The van der Waals surface area contributed by atoms with Crippen molar-refractivity contribution in [3.05, 3.63) is 125 Å². The van der Waals surface area contributed by atoms with Crippen LogP contribution in [0.25, 0.3) is 32.2 Å². The first kappa shape index (κ1) is 49.1. The number of anilines is 3. The van der Waals surface area contributed by atoms with Crippen molar-refractivity contribution < 1.29 is 29.0 Å². The summed E-state index contributed by atoms with van der Waals surface area (Å²) in [5.74, 6) is -0.296. The molecule has 74 heavy (non-hydrogen) atoms. The number of nitrogens with one attached hydrogen (secondary N) is 2. The van der Waals surface area contributed by atoms with Crippen LogP contribution in [-0.2, 0) is 29.6 Å². The van der Waals surface area contributed by atoms with Gasteiger partial charge in [0.15, 0.2) is 10.8 Å². The number of benzene rings is 4. The van der Waals surface area contributed by atoms with Crippen molar-refractivity contribution in [1.29, 1.82) is 0 Å². The summed E-state index contributed by atoms with van der Waals surface area (Å²) in [5.41, 5.74) is 8.52. The zero-order valence-electron chi connectivity index (χ0n) is 42.5. The topological polar surface area (TPSA) is 175 Å². The van der Waals surface area contributed by atoms with Crippen LogP contribution >= 0.6 is 11.3 Å². The number of nitrogens with zero attached hydrogens (tertiary/aromatic N) is 7. The number of piperazine rings is 1. The molecule has 6 heterocycles. The van der Waals surface area contributed by atoms with Crippen LogP contribution in [0.3, 0.4) is 0 Å². The fraction of sp³-hybridized carbons (Fsp3) is 0.397. The summed E-state index contributed by atoms with van der Waals surface area (Å²) in [6, 6.07) is 29.5. The Hall–Kier alpha value is -7.17. The Morgan fingerprint density at radius 1 is 0.838 bits per heavy atom. The Balaban J connectivity index is 0.689. The van der Waals surface area contributed by atoms with E-state index in [-0.39, 0.29) is 35.1 Å². The van der Waals surface area contributed by atoms with Crippen molar-refractivity contribution in [2.45, 2.75) is 103 Å². The van der Waals surface area contributed by atoms with Gasteiger partial charge in [-0.05, 0) is 143 Å². The molecule has 1 unspecified atom stereocenters. The van der Waals surface area contributed by atoms with Gasteiger partial charge in [0.1, 0.15) is 11.6 Å². The lowest BCUT2D eigenvalue weighted by Crippen LogP contribution is -2.54. The number of amides is 3. The number of carbonyl (C=O) groups is 4. The smallest absolute Gasteiger partial charge is 0.355 e. The molecule has 3 fully saturated rings. The number of imide groups is 1. The van der Waals surface area contributed by atoms with Gasteiger partial charge >= 0.3 is 5.97 Å². The molecule has 15 nitrogen and oxygen atoms in total. The number of aromatic carboxylic acids is 1. The number of aryl methyl sites for hydroxylation is 1. The number of carbonyl (C=O) groups excluding carboxylic acids is 3. The lowest BCUT2D eigenvalue weighted by molar-refractivity contribution is -0.134. The number of piperidine rings is 1. The molecule has 0 spiro atoms. The minimum atomic E-state index is -1.10. The van der Waals surface area contributed by atoms with Crippen molar-refractivity contribution in [3.8, 4) is 16.9 Å². The Bertz CT molecular complexity index is 3280. The molecule has 1 aliphatic carbocycles. The third-order valence-corrected chi connectivity index (χ3v) is 17.1. The Kier molecular flexibility index (Phi) is 13.4. The minimum absolute atomic E-state index is 0.0230. The first-order chi connectivity index (χ1) is 35.8. The van der Waals surface area contributed by atoms with E-state index >= 15 is 0 Å². The number of ether oxygens (including phenoxy) is 1. The first-order valence-corrected chi connectivity index (χ1v) is 26.9. The van der Waals surface area contributed by atoms with E-state index in [9.17, 15) is 24.3 Å². The molecule has 2 saturated heterocycles. The number of hydrogen-bond acceptors (Lipinski definition) is 12. The Morgan fingerprint density at radius 2 is 1.62 bits per heavy atom. The maximum Gasteiger partial charge on any atom is 0.355 e. The van der Waals surface area contributed by atoms with E-state index in [2.05, 4.69) is 51.4 Å².